The summed E-state index contributed by atoms with van der Waals surface area (Å²) in [6, 6.07) is 13.6. The zero-order valence-corrected chi connectivity index (χ0v) is 22.3. The summed E-state index contributed by atoms with van der Waals surface area (Å²) in [6.45, 7) is 9.58. The standard InChI is InChI=1S/C28H35N3O4S/c1-6-8-9-10-15-22(7-2)31(5)28(32)25-18-12-11-16-23(25)24-17-13-14-19-26(24)36(33,34)30-27-20(3)21(4)29-35-27/h7,11-14,16-19,22,30H,2,6,8-10,15H2,1,3-5H3. The molecule has 1 atom stereocenters. The molecule has 2 aromatic carbocycles. The van der Waals surface area contributed by atoms with Crippen LogP contribution in [0, 0.1) is 13.8 Å². The Balaban J connectivity index is 1.96. The highest BCUT2D eigenvalue weighted by atomic mass is 32.2. The van der Waals surface area contributed by atoms with Gasteiger partial charge in [0, 0.05) is 29.8 Å². The molecule has 36 heavy (non-hydrogen) atoms. The van der Waals surface area contributed by atoms with Crippen LogP contribution in [-0.2, 0) is 10.0 Å². The lowest BCUT2D eigenvalue weighted by Crippen LogP contribution is -2.36. The van der Waals surface area contributed by atoms with Crippen LogP contribution in [0.15, 0.2) is 70.6 Å². The Morgan fingerprint density at radius 3 is 2.39 bits per heavy atom. The molecule has 3 aromatic rings. The molecular formula is C28H35N3O4S. The second-order valence-corrected chi connectivity index (χ2v) is 10.6. The topological polar surface area (TPSA) is 92.5 Å². The number of unbranched alkanes of at least 4 members (excludes halogenated alkanes) is 3. The van der Waals surface area contributed by atoms with Gasteiger partial charge in [0.15, 0.2) is 0 Å². The van der Waals surface area contributed by atoms with E-state index < -0.39 is 10.0 Å². The van der Waals surface area contributed by atoms with Crippen LogP contribution < -0.4 is 4.72 Å². The fraction of sp³-hybridized carbons (Fsp3) is 0.357. The van der Waals surface area contributed by atoms with E-state index in [1.807, 2.05) is 0 Å². The molecule has 1 aromatic heterocycles. The lowest BCUT2D eigenvalue weighted by Gasteiger charge is -2.27. The predicted molar refractivity (Wildman–Crippen MR) is 144 cm³/mol. The first-order valence-electron chi connectivity index (χ1n) is 12.2. The number of aromatic nitrogens is 1. The first kappa shape index (κ1) is 27.2. The molecule has 0 aliphatic heterocycles. The van der Waals surface area contributed by atoms with Crippen LogP contribution in [0.3, 0.4) is 0 Å². The van der Waals surface area contributed by atoms with E-state index in [1.165, 1.54) is 6.07 Å². The molecule has 1 N–H and O–H groups in total. The van der Waals surface area contributed by atoms with Crippen molar-refractivity contribution in [3.05, 3.63) is 78.0 Å². The fourth-order valence-electron chi connectivity index (χ4n) is 4.11. The van der Waals surface area contributed by atoms with Crippen LogP contribution in [0.25, 0.3) is 11.1 Å². The van der Waals surface area contributed by atoms with Gasteiger partial charge < -0.3 is 9.42 Å². The van der Waals surface area contributed by atoms with Crippen molar-refractivity contribution in [2.24, 2.45) is 0 Å². The highest BCUT2D eigenvalue weighted by Gasteiger charge is 2.26. The minimum atomic E-state index is -4.03. The van der Waals surface area contributed by atoms with Crippen LogP contribution in [0.2, 0.25) is 0 Å². The number of hydrogen-bond acceptors (Lipinski definition) is 5. The number of rotatable bonds is 12. The van der Waals surface area contributed by atoms with Crippen molar-refractivity contribution in [1.29, 1.82) is 0 Å². The molecular weight excluding hydrogens is 474 g/mol. The van der Waals surface area contributed by atoms with Gasteiger partial charge in [0.1, 0.15) is 0 Å². The van der Waals surface area contributed by atoms with Crippen LogP contribution in [0.5, 0.6) is 0 Å². The Labute approximate surface area is 214 Å². The minimum Gasteiger partial charge on any atom is -0.337 e. The third kappa shape index (κ3) is 6.05. The Morgan fingerprint density at radius 2 is 1.75 bits per heavy atom. The number of sulfonamides is 1. The molecule has 1 amide bonds. The summed E-state index contributed by atoms with van der Waals surface area (Å²) in [5.41, 5.74) is 2.60. The van der Waals surface area contributed by atoms with Crippen LogP contribution in [-0.4, -0.2) is 37.5 Å². The Hall–Kier alpha value is -3.39. The first-order valence-corrected chi connectivity index (χ1v) is 13.7. The van der Waals surface area contributed by atoms with Gasteiger partial charge in [-0.05, 0) is 38.0 Å². The van der Waals surface area contributed by atoms with Gasteiger partial charge in [-0.15, -0.1) is 6.58 Å². The van der Waals surface area contributed by atoms with Gasteiger partial charge in [0.05, 0.1) is 10.6 Å². The van der Waals surface area contributed by atoms with Crippen LogP contribution >= 0.6 is 0 Å². The minimum absolute atomic E-state index is 0.0428. The van der Waals surface area contributed by atoms with Gasteiger partial charge in [-0.1, -0.05) is 80.2 Å². The maximum Gasteiger partial charge on any atom is 0.264 e. The predicted octanol–water partition coefficient (Wildman–Crippen LogP) is 6.36. The van der Waals surface area contributed by atoms with Crippen molar-refractivity contribution >= 4 is 21.8 Å². The van der Waals surface area contributed by atoms with Crippen LogP contribution in [0.4, 0.5) is 5.88 Å². The number of anilines is 1. The molecule has 7 nitrogen and oxygen atoms in total. The van der Waals surface area contributed by atoms with Crippen molar-refractivity contribution in [1.82, 2.24) is 10.1 Å². The quantitative estimate of drug-likeness (QED) is 0.227. The van der Waals surface area contributed by atoms with Crippen LogP contribution in [0.1, 0.15) is 60.6 Å². The smallest absolute Gasteiger partial charge is 0.264 e. The van der Waals surface area contributed by atoms with Gasteiger partial charge in [-0.25, -0.2) is 13.1 Å². The van der Waals surface area contributed by atoms with Crippen molar-refractivity contribution in [3.8, 4) is 11.1 Å². The van der Waals surface area contributed by atoms with E-state index in [0.717, 1.165) is 32.1 Å². The third-order valence-corrected chi connectivity index (χ3v) is 7.84. The van der Waals surface area contributed by atoms with Gasteiger partial charge in [0.25, 0.3) is 15.9 Å². The number of nitrogens with one attached hydrogen (secondary N) is 1. The summed E-state index contributed by atoms with van der Waals surface area (Å²) in [6.07, 6.45) is 7.07. The largest absolute Gasteiger partial charge is 0.337 e. The van der Waals surface area contributed by atoms with Gasteiger partial charge in [-0.3, -0.25) is 4.79 Å². The number of hydrogen-bond donors (Lipinski definition) is 1. The summed E-state index contributed by atoms with van der Waals surface area (Å²) < 4.78 is 34.4. The number of amides is 1. The number of carbonyl (C=O) groups excluding carboxylic acids is 1. The van der Waals surface area contributed by atoms with E-state index in [1.54, 1.807) is 74.3 Å². The zero-order chi connectivity index (χ0) is 26.3. The molecule has 0 aliphatic rings. The highest BCUT2D eigenvalue weighted by Crippen LogP contribution is 2.33. The van der Waals surface area contributed by atoms with E-state index in [4.69, 9.17) is 4.52 Å². The van der Waals surface area contributed by atoms with E-state index in [-0.39, 0.29) is 22.7 Å². The Morgan fingerprint density at radius 1 is 1.08 bits per heavy atom. The first-order chi connectivity index (χ1) is 17.2. The molecule has 0 spiro atoms. The number of aryl methyl sites for hydroxylation is 1. The molecule has 0 aliphatic carbocycles. The third-order valence-electron chi connectivity index (χ3n) is 6.45. The summed E-state index contributed by atoms with van der Waals surface area (Å²) in [7, 11) is -2.26. The molecule has 0 saturated carbocycles. The highest BCUT2D eigenvalue weighted by molar-refractivity contribution is 7.92. The van der Waals surface area contributed by atoms with E-state index in [9.17, 15) is 13.2 Å². The molecule has 8 heteroatoms. The van der Waals surface area contributed by atoms with Crippen molar-refractivity contribution in [2.75, 3.05) is 11.8 Å². The SMILES string of the molecule is C=CC(CCCCCC)N(C)C(=O)c1ccccc1-c1ccccc1S(=O)(=O)Nc1onc(C)c1C. The van der Waals surface area contributed by atoms with Crippen molar-refractivity contribution in [2.45, 2.75) is 63.8 Å². The van der Waals surface area contributed by atoms with Crippen molar-refractivity contribution < 1.29 is 17.7 Å². The monoisotopic (exact) mass is 509 g/mol. The van der Waals surface area contributed by atoms with Gasteiger partial charge in [-0.2, -0.15) is 0 Å². The number of carbonyl (C=O) groups is 1. The number of nitrogens with zero attached hydrogens (tertiary/aromatic N) is 2. The molecule has 3 rings (SSSR count). The van der Waals surface area contributed by atoms with Gasteiger partial charge >= 0.3 is 0 Å². The summed E-state index contributed by atoms with van der Waals surface area (Å²) in [4.78, 5) is 15.3. The summed E-state index contributed by atoms with van der Waals surface area (Å²) >= 11 is 0. The normalized spacial score (nSPS) is 12.2. The Kier molecular flexibility index (Phi) is 9.09. The average Bonchev–Trinajstić information content (AvgIpc) is 3.19. The van der Waals surface area contributed by atoms with Gasteiger partial charge in [0.2, 0.25) is 5.88 Å². The molecule has 0 fully saturated rings. The summed E-state index contributed by atoms with van der Waals surface area (Å²) in [5, 5.41) is 3.83. The zero-order valence-electron chi connectivity index (χ0n) is 21.5. The second-order valence-electron chi connectivity index (χ2n) is 8.94. The molecule has 0 saturated heterocycles. The lowest BCUT2D eigenvalue weighted by molar-refractivity contribution is 0.0754. The van der Waals surface area contributed by atoms with E-state index >= 15 is 0 Å². The van der Waals surface area contributed by atoms with Crippen molar-refractivity contribution in [3.63, 3.8) is 0 Å². The number of benzene rings is 2. The average molecular weight is 510 g/mol. The maximum atomic E-state index is 13.6. The van der Waals surface area contributed by atoms with E-state index in [2.05, 4.69) is 23.4 Å². The molecule has 1 unspecified atom stereocenters. The lowest BCUT2D eigenvalue weighted by atomic mass is 9.98. The molecule has 0 bridgehead atoms. The Bertz CT molecular complexity index is 1310. The molecule has 0 radical (unpaired) electrons. The van der Waals surface area contributed by atoms with E-state index in [0.29, 0.717) is 27.9 Å². The fourth-order valence-corrected chi connectivity index (χ4v) is 5.38. The summed E-state index contributed by atoms with van der Waals surface area (Å²) in [5.74, 6) is -0.115. The number of likely N-dealkylation sites (N-methyl/N-ethyl adjacent to an activating group) is 1. The molecule has 1 heterocycles. The molecule has 192 valence electrons. The second kappa shape index (κ2) is 12.0. The maximum absolute atomic E-state index is 13.6.